The smallest absolute Gasteiger partial charge is 0.214 e. The number of thiol groups is 1. The van der Waals surface area contributed by atoms with Crippen LogP contribution in [0.3, 0.4) is 0 Å². The second kappa shape index (κ2) is 8.08. The predicted octanol–water partition coefficient (Wildman–Crippen LogP) is 2.49. The van der Waals surface area contributed by atoms with E-state index in [-0.39, 0.29) is 5.12 Å². The average Bonchev–Trinajstić information content (AvgIpc) is 2.03. The maximum atomic E-state index is 11.0. The Morgan fingerprint density at radius 2 is 2.08 bits per heavy atom. The van der Waals surface area contributed by atoms with Crippen LogP contribution in [-0.4, -0.2) is 28.1 Å². The predicted molar refractivity (Wildman–Crippen MR) is 63.5 cm³/mol. The summed E-state index contributed by atoms with van der Waals surface area (Å²) in [7, 11) is 0. The molecule has 70 valence electrons. The van der Waals surface area contributed by atoms with E-state index in [0.717, 1.165) is 23.0 Å². The molecule has 0 fully saturated rings. The van der Waals surface area contributed by atoms with E-state index in [9.17, 15) is 4.79 Å². The van der Waals surface area contributed by atoms with Gasteiger partial charge in [0.05, 0.1) is 0 Å². The Bertz CT molecular complexity index is 156. The monoisotopic (exact) mass is 222 g/mol. The zero-order valence-electron chi connectivity index (χ0n) is 7.21. The molecule has 0 N–H and O–H groups in total. The van der Waals surface area contributed by atoms with E-state index in [1.165, 1.54) is 11.8 Å². The molecule has 0 aliphatic carbocycles. The maximum Gasteiger partial charge on any atom is 0.214 e. The van der Waals surface area contributed by atoms with Gasteiger partial charge in [-0.25, -0.2) is 0 Å². The van der Waals surface area contributed by atoms with Crippen molar-refractivity contribution in [1.82, 2.24) is 0 Å². The third kappa shape index (κ3) is 7.13. The van der Waals surface area contributed by atoms with Crippen LogP contribution in [0, 0.1) is 0 Å². The molecule has 0 rings (SSSR count). The quantitative estimate of drug-likeness (QED) is 0.423. The van der Waals surface area contributed by atoms with Crippen LogP contribution in [0.2, 0.25) is 0 Å². The Morgan fingerprint density at radius 1 is 1.42 bits per heavy atom. The van der Waals surface area contributed by atoms with Crippen molar-refractivity contribution in [1.29, 1.82) is 0 Å². The molecule has 0 saturated heterocycles. The highest BCUT2D eigenvalue weighted by Crippen LogP contribution is 2.11. The number of carbonyl (C=O) groups is 1. The first kappa shape index (κ1) is 12.5. The van der Waals surface area contributed by atoms with Gasteiger partial charge >= 0.3 is 0 Å². The summed E-state index contributed by atoms with van der Waals surface area (Å²) in [6, 6.07) is 0. The summed E-state index contributed by atoms with van der Waals surface area (Å²) in [5, 5.41) is 0.112. The zero-order valence-corrected chi connectivity index (χ0v) is 9.73. The molecule has 12 heavy (non-hydrogen) atoms. The Hall–Kier alpha value is 0.460. The van der Waals surface area contributed by atoms with Crippen molar-refractivity contribution >= 4 is 41.3 Å². The molecule has 0 spiro atoms. The lowest BCUT2D eigenvalue weighted by atomic mass is 10.4. The number of hydrogen-bond donors (Lipinski definition) is 1. The Balaban J connectivity index is 3.20. The van der Waals surface area contributed by atoms with Gasteiger partial charge in [-0.2, -0.15) is 24.4 Å². The van der Waals surface area contributed by atoms with Gasteiger partial charge in [-0.3, -0.25) is 4.79 Å². The van der Waals surface area contributed by atoms with Crippen molar-refractivity contribution in [2.24, 2.45) is 0 Å². The molecule has 0 heterocycles. The van der Waals surface area contributed by atoms with Gasteiger partial charge in [-0.15, -0.1) is 0 Å². The molecule has 0 amide bonds. The summed E-state index contributed by atoms with van der Waals surface area (Å²) in [6.07, 6.45) is 0. The molecule has 0 atom stereocenters. The van der Waals surface area contributed by atoms with Crippen LogP contribution in [0.15, 0.2) is 12.2 Å². The zero-order chi connectivity index (χ0) is 9.40. The van der Waals surface area contributed by atoms with E-state index in [4.69, 9.17) is 0 Å². The fourth-order valence-corrected chi connectivity index (χ4v) is 2.44. The fraction of sp³-hybridized carbons (Fsp3) is 0.625. The van der Waals surface area contributed by atoms with E-state index in [0.29, 0.717) is 5.57 Å². The SMILES string of the molecule is C=C(C)C(=O)SCCSCCS. The Morgan fingerprint density at radius 3 is 2.58 bits per heavy atom. The summed E-state index contributed by atoms with van der Waals surface area (Å²) < 4.78 is 0. The summed E-state index contributed by atoms with van der Waals surface area (Å²) >= 11 is 7.27. The van der Waals surface area contributed by atoms with Crippen LogP contribution in [0.25, 0.3) is 0 Å². The molecule has 0 aliphatic heterocycles. The first-order valence-electron chi connectivity index (χ1n) is 3.69. The van der Waals surface area contributed by atoms with Gasteiger partial charge in [-0.05, 0) is 18.2 Å². The summed E-state index contributed by atoms with van der Waals surface area (Å²) in [5.74, 6) is 3.86. The molecule has 0 unspecified atom stereocenters. The van der Waals surface area contributed by atoms with Crippen molar-refractivity contribution in [3.05, 3.63) is 12.2 Å². The largest absolute Gasteiger partial charge is 0.282 e. The van der Waals surface area contributed by atoms with Gasteiger partial charge in [0.25, 0.3) is 0 Å². The maximum absolute atomic E-state index is 11.0. The van der Waals surface area contributed by atoms with Gasteiger partial charge in [0.15, 0.2) is 0 Å². The fourth-order valence-electron chi connectivity index (χ4n) is 0.483. The highest BCUT2D eigenvalue weighted by atomic mass is 32.2. The molecule has 0 aliphatic rings. The molecule has 1 nitrogen and oxygen atoms in total. The lowest BCUT2D eigenvalue weighted by molar-refractivity contribution is -0.107. The van der Waals surface area contributed by atoms with Gasteiger partial charge in [0, 0.05) is 17.3 Å². The molecule has 4 heteroatoms. The van der Waals surface area contributed by atoms with Gasteiger partial charge in [0.1, 0.15) is 0 Å². The molecular weight excluding hydrogens is 208 g/mol. The van der Waals surface area contributed by atoms with E-state index in [2.05, 4.69) is 19.2 Å². The summed E-state index contributed by atoms with van der Waals surface area (Å²) in [6.45, 7) is 5.33. The highest BCUT2D eigenvalue weighted by molar-refractivity contribution is 8.14. The minimum absolute atomic E-state index is 0.112. The normalized spacial score (nSPS) is 9.83. The topological polar surface area (TPSA) is 17.1 Å². The molecule has 0 aromatic rings. The average molecular weight is 222 g/mol. The summed E-state index contributed by atoms with van der Waals surface area (Å²) in [5.41, 5.74) is 0.638. The van der Waals surface area contributed by atoms with Crippen molar-refractivity contribution < 1.29 is 4.79 Å². The Labute approximate surface area is 88.2 Å². The van der Waals surface area contributed by atoms with Crippen molar-refractivity contribution in [2.45, 2.75) is 6.92 Å². The van der Waals surface area contributed by atoms with Gasteiger partial charge < -0.3 is 0 Å². The number of hydrogen-bond acceptors (Lipinski definition) is 4. The van der Waals surface area contributed by atoms with Crippen LogP contribution >= 0.6 is 36.2 Å². The highest BCUT2D eigenvalue weighted by Gasteiger charge is 2.01. The van der Waals surface area contributed by atoms with Crippen LogP contribution in [0.1, 0.15) is 6.92 Å². The minimum atomic E-state index is 0.112. The molecule has 0 aromatic carbocycles. The lowest BCUT2D eigenvalue weighted by Crippen LogP contribution is -1.96. The van der Waals surface area contributed by atoms with Crippen molar-refractivity contribution in [3.8, 4) is 0 Å². The van der Waals surface area contributed by atoms with E-state index < -0.39 is 0 Å². The number of carbonyl (C=O) groups excluding carboxylic acids is 1. The molecule has 0 radical (unpaired) electrons. The van der Waals surface area contributed by atoms with Crippen molar-refractivity contribution in [3.63, 3.8) is 0 Å². The second-order valence-electron chi connectivity index (χ2n) is 2.25. The van der Waals surface area contributed by atoms with Crippen LogP contribution < -0.4 is 0 Å². The first-order chi connectivity index (χ1) is 5.68. The minimum Gasteiger partial charge on any atom is -0.282 e. The number of rotatable bonds is 6. The summed E-state index contributed by atoms with van der Waals surface area (Å²) in [4.78, 5) is 11.0. The van der Waals surface area contributed by atoms with Gasteiger partial charge in [-0.1, -0.05) is 18.3 Å². The third-order valence-electron chi connectivity index (χ3n) is 1.04. The van der Waals surface area contributed by atoms with Crippen LogP contribution in [0.5, 0.6) is 0 Å². The standard InChI is InChI=1S/C8H14OS3/c1-7(2)8(9)12-6-5-11-4-3-10/h10H,1,3-6H2,2H3. The number of thioether (sulfide) groups is 2. The Kier molecular flexibility index (Phi) is 8.39. The van der Waals surface area contributed by atoms with E-state index >= 15 is 0 Å². The second-order valence-corrected chi connectivity index (χ2v) is 4.99. The lowest BCUT2D eigenvalue weighted by Gasteiger charge is -1.98. The van der Waals surface area contributed by atoms with Crippen LogP contribution in [0.4, 0.5) is 0 Å². The third-order valence-corrected chi connectivity index (χ3v) is 3.83. The molecular formula is C8H14OS3. The van der Waals surface area contributed by atoms with Crippen LogP contribution in [-0.2, 0) is 4.79 Å². The molecule has 0 aromatic heterocycles. The van der Waals surface area contributed by atoms with E-state index in [1.807, 2.05) is 11.8 Å². The van der Waals surface area contributed by atoms with Crippen molar-refractivity contribution in [2.75, 3.05) is 23.0 Å². The molecule has 0 saturated carbocycles. The first-order valence-corrected chi connectivity index (χ1v) is 6.47. The molecule has 0 bridgehead atoms. The van der Waals surface area contributed by atoms with Gasteiger partial charge in [0.2, 0.25) is 5.12 Å². The van der Waals surface area contributed by atoms with E-state index in [1.54, 1.807) is 6.92 Å².